The van der Waals surface area contributed by atoms with Crippen LogP contribution < -0.4 is 0 Å². The zero-order valence-electron chi connectivity index (χ0n) is 9.85. The Morgan fingerprint density at radius 3 is 3.12 bits per heavy atom. The topological polar surface area (TPSA) is 74.5 Å². The molecule has 1 aromatic heterocycles. The van der Waals surface area contributed by atoms with Crippen molar-refractivity contribution in [3.05, 3.63) is 11.8 Å². The van der Waals surface area contributed by atoms with Crippen LogP contribution in [0.15, 0.2) is 4.42 Å². The van der Waals surface area contributed by atoms with Crippen LogP contribution >= 0.6 is 0 Å². The van der Waals surface area contributed by atoms with Crippen molar-refractivity contribution in [3.8, 4) is 0 Å². The number of rotatable bonds is 5. The van der Waals surface area contributed by atoms with Crippen molar-refractivity contribution in [2.24, 2.45) is 0 Å². The normalized spacial score (nSPS) is 19.5. The number of aryl methyl sites for hydroxylation is 1. The highest BCUT2D eigenvalue weighted by Gasteiger charge is 2.19. The van der Waals surface area contributed by atoms with Crippen LogP contribution in [0.25, 0.3) is 0 Å². The van der Waals surface area contributed by atoms with Gasteiger partial charge in [0.25, 0.3) is 0 Å². The van der Waals surface area contributed by atoms with Gasteiger partial charge in [-0.2, -0.15) is 0 Å². The lowest BCUT2D eigenvalue weighted by Gasteiger charge is -2.05. The fourth-order valence-corrected chi connectivity index (χ4v) is 1.79. The van der Waals surface area contributed by atoms with Crippen LogP contribution in [-0.2, 0) is 15.9 Å². The molecule has 6 nitrogen and oxygen atoms in total. The van der Waals surface area contributed by atoms with Crippen LogP contribution in [0, 0.1) is 0 Å². The zero-order chi connectivity index (χ0) is 12.1. The van der Waals surface area contributed by atoms with Crippen molar-refractivity contribution >= 4 is 5.97 Å². The molecule has 0 spiro atoms. The second-order valence-corrected chi connectivity index (χ2v) is 3.90. The lowest BCUT2D eigenvalue weighted by molar-refractivity contribution is 0.0478. The number of carbonyl (C=O) groups is 1. The third-order valence-corrected chi connectivity index (χ3v) is 2.62. The summed E-state index contributed by atoms with van der Waals surface area (Å²) in [5, 5.41) is 7.46. The summed E-state index contributed by atoms with van der Waals surface area (Å²) < 4.78 is 15.5. The predicted molar refractivity (Wildman–Crippen MR) is 57.5 cm³/mol. The maximum atomic E-state index is 11.3. The van der Waals surface area contributed by atoms with E-state index in [-0.39, 0.29) is 12.0 Å². The van der Waals surface area contributed by atoms with E-state index in [1.54, 1.807) is 6.92 Å². The van der Waals surface area contributed by atoms with Crippen molar-refractivity contribution in [1.82, 2.24) is 10.2 Å². The first-order chi connectivity index (χ1) is 8.29. The molecule has 0 aliphatic carbocycles. The molecule has 94 valence electrons. The fraction of sp³-hybridized carbons (Fsp3) is 0.727. The van der Waals surface area contributed by atoms with Gasteiger partial charge in [0.05, 0.1) is 12.7 Å². The van der Waals surface area contributed by atoms with Crippen LogP contribution in [-0.4, -0.2) is 35.5 Å². The summed E-state index contributed by atoms with van der Waals surface area (Å²) in [6.07, 6.45) is 3.97. The third-order valence-electron chi connectivity index (χ3n) is 2.62. The van der Waals surface area contributed by atoms with Crippen LogP contribution in [0.2, 0.25) is 0 Å². The molecule has 0 saturated carbocycles. The van der Waals surface area contributed by atoms with Crippen molar-refractivity contribution in [2.45, 2.75) is 38.7 Å². The first-order valence-electron chi connectivity index (χ1n) is 5.90. The molecular formula is C11H16N2O4. The Kier molecular flexibility index (Phi) is 4.08. The Bertz CT molecular complexity index is 371. The lowest BCUT2D eigenvalue weighted by atomic mass is 10.1. The molecule has 1 aliphatic rings. The molecule has 1 saturated heterocycles. The van der Waals surface area contributed by atoms with Gasteiger partial charge in [-0.1, -0.05) is 0 Å². The summed E-state index contributed by atoms with van der Waals surface area (Å²) in [4.78, 5) is 11.3. The predicted octanol–water partition coefficient (Wildman–Crippen LogP) is 1.36. The van der Waals surface area contributed by atoms with Gasteiger partial charge in [0.15, 0.2) is 0 Å². The summed E-state index contributed by atoms with van der Waals surface area (Å²) in [6.45, 7) is 2.86. The molecule has 1 aliphatic heterocycles. The molecule has 2 heterocycles. The smallest absolute Gasteiger partial charge is 0.396 e. The van der Waals surface area contributed by atoms with Crippen LogP contribution in [0.3, 0.4) is 0 Å². The molecule has 6 heteroatoms. The summed E-state index contributed by atoms with van der Waals surface area (Å²) in [5.74, 6) is -0.180. The summed E-state index contributed by atoms with van der Waals surface area (Å²) in [5.41, 5.74) is 0. The third kappa shape index (κ3) is 3.26. The Labute approximate surface area is 99.3 Å². The largest absolute Gasteiger partial charge is 0.459 e. The minimum atomic E-state index is -0.566. The molecule has 0 N–H and O–H groups in total. The van der Waals surface area contributed by atoms with E-state index in [0.29, 0.717) is 18.9 Å². The highest BCUT2D eigenvalue weighted by atomic mass is 16.5. The van der Waals surface area contributed by atoms with Gasteiger partial charge in [-0.3, -0.25) is 0 Å². The number of carbonyl (C=O) groups excluding carboxylic acids is 1. The maximum Gasteiger partial charge on any atom is 0.396 e. The minimum Gasteiger partial charge on any atom is -0.459 e. The molecule has 0 bridgehead atoms. The highest BCUT2D eigenvalue weighted by Crippen LogP contribution is 2.17. The van der Waals surface area contributed by atoms with E-state index in [1.165, 1.54) is 0 Å². The second-order valence-electron chi connectivity index (χ2n) is 3.90. The Morgan fingerprint density at radius 1 is 1.53 bits per heavy atom. The summed E-state index contributed by atoms with van der Waals surface area (Å²) in [7, 11) is 0. The average Bonchev–Trinajstić information content (AvgIpc) is 2.98. The molecule has 1 aromatic rings. The van der Waals surface area contributed by atoms with Gasteiger partial charge in [-0.25, -0.2) is 4.79 Å². The number of hydrogen-bond donors (Lipinski definition) is 0. The van der Waals surface area contributed by atoms with Crippen molar-refractivity contribution in [1.29, 1.82) is 0 Å². The Morgan fingerprint density at radius 2 is 2.41 bits per heavy atom. The molecule has 1 fully saturated rings. The van der Waals surface area contributed by atoms with E-state index in [4.69, 9.17) is 13.9 Å². The molecule has 0 aromatic carbocycles. The monoisotopic (exact) mass is 240 g/mol. The molecule has 1 unspecified atom stereocenters. The first-order valence-corrected chi connectivity index (χ1v) is 5.90. The van der Waals surface area contributed by atoms with E-state index in [1.807, 2.05) is 0 Å². The number of aromatic nitrogens is 2. The molecule has 1 atom stereocenters. The highest BCUT2D eigenvalue weighted by molar-refractivity contribution is 5.83. The van der Waals surface area contributed by atoms with E-state index in [2.05, 4.69) is 10.2 Å². The fourth-order valence-electron chi connectivity index (χ4n) is 1.79. The molecule has 17 heavy (non-hydrogen) atoms. The SMILES string of the molecule is CCOC(=O)c1nnc(CCC2CCCO2)o1. The quantitative estimate of drug-likeness (QED) is 0.723. The minimum absolute atomic E-state index is 0.0748. The van der Waals surface area contributed by atoms with Crippen molar-refractivity contribution in [2.75, 3.05) is 13.2 Å². The van der Waals surface area contributed by atoms with Crippen molar-refractivity contribution in [3.63, 3.8) is 0 Å². The van der Waals surface area contributed by atoms with Gasteiger partial charge in [0.2, 0.25) is 5.89 Å². The maximum absolute atomic E-state index is 11.3. The zero-order valence-corrected chi connectivity index (χ0v) is 9.85. The summed E-state index contributed by atoms with van der Waals surface area (Å²) >= 11 is 0. The molecule has 0 radical (unpaired) electrons. The Hall–Kier alpha value is -1.43. The molecule has 2 rings (SSSR count). The van der Waals surface area contributed by atoms with Crippen LogP contribution in [0.1, 0.15) is 42.8 Å². The van der Waals surface area contributed by atoms with E-state index < -0.39 is 5.97 Å². The van der Waals surface area contributed by atoms with Gasteiger partial charge in [0.1, 0.15) is 0 Å². The number of esters is 1. The molecule has 0 amide bonds. The van der Waals surface area contributed by atoms with Gasteiger partial charge in [-0.15, -0.1) is 10.2 Å². The summed E-state index contributed by atoms with van der Waals surface area (Å²) in [6, 6.07) is 0. The standard InChI is InChI=1S/C11H16N2O4/c1-2-15-11(14)10-13-12-9(17-10)6-5-8-4-3-7-16-8/h8H,2-7H2,1H3. The second kappa shape index (κ2) is 5.77. The molecular weight excluding hydrogens is 224 g/mol. The first kappa shape index (κ1) is 12.0. The van der Waals surface area contributed by atoms with E-state index >= 15 is 0 Å². The van der Waals surface area contributed by atoms with Gasteiger partial charge < -0.3 is 13.9 Å². The Balaban J connectivity index is 1.83. The van der Waals surface area contributed by atoms with Crippen LogP contribution in [0.5, 0.6) is 0 Å². The van der Waals surface area contributed by atoms with Gasteiger partial charge in [-0.05, 0) is 26.2 Å². The number of hydrogen-bond acceptors (Lipinski definition) is 6. The van der Waals surface area contributed by atoms with Crippen molar-refractivity contribution < 1.29 is 18.7 Å². The van der Waals surface area contributed by atoms with Gasteiger partial charge in [0, 0.05) is 13.0 Å². The lowest BCUT2D eigenvalue weighted by Crippen LogP contribution is -2.06. The van der Waals surface area contributed by atoms with Gasteiger partial charge >= 0.3 is 11.9 Å². The number of nitrogens with zero attached hydrogens (tertiary/aromatic N) is 2. The average molecular weight is 240 g/mol. The van der Waals surface area contributed by atoms with Crippen LogP contribution in [0.4, 0.5) is 0 Å². The van der Waals surface area contributed by atoms with E-state index in [9.17, 15) is 4.79 Å². The van der Waals surface area contributed by atoms with E-state index in [0.717, 1.165) is 25.9 Å². The number of ether oxygens (including phenoxy) is 2.